The highest BCUT2D eigenvalue weighted by molar-refractivity contribution is 5.99. The van der Waals surface area contributed by atoms with Crippen LogP contribution in [-0.2, 0) is 0 Å². The van der Waals surface area contributed by atoms with Crippen LogP contribution < -0.4 is 10.2 Å². The Labute approximate surface area is 114 Å². The van der Waals surface area contributed by atoms with Crippen LogP contribution in [0.5, 0.6) is 0 Å². The van der Waals surface area contributed by atoms with E-state index in [1.54, 1.807) is 6.20 Å². The molecule has 2 aliphatic rings. The van der Waals surface area contributed by atoms with Crippen molar-refractivity contribution in [2.45, 2.75) is 44.6 Å². The molecule has 1 aliphatic carbocycles. The molecule has 2 fully saturated rings. The van der Waals surface area contributed by atoms with E-state index in [9.17, 15) is 4.79 Å². The van der Waals surface area contributed by atoms with Gasteiger partial charge in [0.25, 0.3) is 5.91 Å². The first kappa shape index (κ1) is 12.5. The summed E-state index contributed by atoms with van der Waals surface area (Å²) in [5.41, 5.74) is 0.733. The summed E-state index contributed by atoms with van der Waals surface area (Å²) < 4.78 is 0. The molecule has 1 amide bonds. The van der Waals surface area contributed by atoms with E-state index in [2.05, 4.69) is 15.2 Å². The fraction of sp³-hybridized carbons (Fsp3) is 0.600. The molecule has 0 unspecified atom stereocenters. The zero-order chi connectivity index (χ0) is 13.1. The predicted octanol–water partition coefficient (Wildman–Crippen LogP) is 2.35. The van der Waals surface area contributed by atoms with Crippen molar-refractivity contribution in [1.82, 2.24) is 10.3 Å². The second-order valence-corrected chi connectivity index (χ2v) is 5.52. The van der Waals surface area contributed by atoms with Gasteiger partial charge in [-0.15, -0.1) is 0 Å². The summed E-state index contributed by atoms with van der Waals surface area (Å²) in [6.45, 7) is 2.03. The molecule has 19 heavy (non-hydrogen) atoms. The zero-order valence-corrected chi connectivity index (χ0v) is 11.3. The lowest BCUT2D eigenvalue weighted by atomic mass is 10.2. The third kappa shape index (κ3) is 2.72. The molecule has 102 valence electrons. The number of anilines is 1. The van der Waals surface area contributed by atoms with Gasteiger partial charge in [0.1, 0.15) is 5.82 Å². The van der Waals surface area contributed by atoms with Gasteiger partial charge in [-0.05, 0) is 37.8 Å². The molecular weight excluding hydrogens is 238 g/mol. The summed E-state index contributed by atoms with van der Waals surface area (Å²) in [6, 6.07) is 4.10. The van der Waals surface area contributed by atoms with Crippen LogP contribution in [0.2, 0.25) is 0 Å². The molecule has 4 heteroatoms. The summed E-state index contributed by atoms with van der Waals surface area (Å²) in [7, 11) is 0. The fourth-order valence-corrected chi connectivity index (χ4v) is 3.09. The van der Waals surface area contributed by atoms with Crippen molar-refractivity contribution in [3.05, 3.63) is 23.9 Å². The first-order chi connectivity index (χ1) is 9.34. The maximum atomic E-state index is 12.4. The van der Waals surface area contributed by atoms with Crippen molar-refractivity contribution in [2.75, 3.05) is 18.0 Å². The maximum Gasteiger partial charge on any atom is 0.255 e. The van der Waals surface area contributed by atoms with E-state index < -0.39 is 0 Å². The standard InChI is InChI=1S/C15H21N3O/c19-15(17-12-6-1-2-7-12)13-8-5-9-16-14(13)18-10-3-4-11-18/h5,8-9,12H,1-4,6-7,10-11H2,(H,17,19). The molecule has 1 saturated heterocycles. The smallest absolute Gasteiger partial charge is 0.255 e. The molecule has 4 nitrogen and oxygen atoms in total. The zero-order valence-electron chi connectivity index (χ0n) is 11.3. The molecule has 3 rings (SSSR count). The molecule has 1 N–H and O–H groups in total. The number of aromatic nitrogens is 1. The second kappa shape index (κ2) is 5.59. The molecule has 1 saturated carbocycles. The number of rotatable bonds is 3. The highest BCUT2D eigenvalue weighted by Crippen LogP contribution is 2.23. The lowest BCUT2D eigenvalue weighted by Gasteiger charge is -2.20. The Balaban J connectivity index is 1.76. The van der Waals surface area contributed by atoms with Crippen LogP contribution in [0.25, 0.3) is 0 Å². The van der Waals surface area contributed by atoms with Gasteiger partial charge in [0.15, 0.2) is 0 Å². The largest absolute Gasteiger partial charge is 0.356 e. The number of carbonyl (C=O) groups excluding carboxylic acids is 1. The minimum Gasteiger partial charge on any atom is -0.356 e. The molecular formula is C15H21N3O. The summed E-state index contributed by atoms with van der Waals surface area (Å²) >= 11 is 0. The molecule has 0 atom stereocenters. The van der Waals surface area contributed by atoms with Crippen molar-refractivity contribution in [1.29, 1.82) is 0 Å². The number of nitrogens with zero attached hydrogens (tertiary/aromatic N) is 2. The van der Waals surface area contributed by atoms with Crippen LogP contribution >= 0.6 is 0 Å². The molecule has 1 aliphatic heterocycles. The van der Waals surface area contributed by atoms with Gasteiger partial charge in [0.2, 0.25) is 0 Å². The van der Waals surface area contributed by atoms with Crippen molar-refractivity contribution >= 4 is 11.7 Å². The van der Waals surface area contributed by atoms with Crippen LogP contribution in [0.15, 0.2) is 18.3 Å². The minimum absolute atomic E-state index is 0.0434. The van der Waals surface area contributed by atoms with Gasteiger partial charge >= 0.3 is 0 Å². The van der Waals surface area contributed by atoms with Crippen molar-refractivity contribution in [3.8, 4) is 0 Å². The van der Waals surface area contributed by atoms with Crippen LogP contribution in [0, 0.1) is 0 Å². The van der Waals surface area contributed by atoms with Crippen LogP contribution in [0.4, 0.5) is 5.82 Å². The Morgan fingerprint density at radius 2 is 1.95 bits per heavy atom. The highest BCUT2D eigenvalue weighted by Gasteiger charge is 2.23. The van der Waals surface area contributed by atoms with Gasteiger partial charge in [0.05, 0.1) is 5.56 Å². The first-order valence-electron chi connectivity index (χ1n) is 7.35. The maximum absolute atomic E-state index is 12.4. The van der Waals surface area contributed by atoms with Gasteiger partial charge in [-0.1, -0.05) is 12.8 Å². The van der Waals surface area contributed by atoms with E-state index in [0.717, 1.165) is 37.3 Å². The van der Waals surface area contributed by atoms with Crippen molar-refractivity contribution in [2.24, 2.45) is 0 Å². The number of carbonyl (C=O) groups is 1. The van der Waals surface area contributed by atoms with E-state index in [1.807, 2.05) is 12.1 Å². The predicted molar refractivity (Wildman–Crippen MR) is 75.4 cm³/mol. The molecule has 0 bridgehead atoms. The SMILES string of the molecule is O=C(NC1CCCC1)c1cccnc1N1CCCC1. The number of amides is 1. The minimum atomic E-state index is 0.0434. The number of nitrogens with one attached hydrogen (secondary N) is 1. The third-order valence-corrected chi connectivity index (χ3v) is 4.13. The molecule has 0 spiro atoms. The molecule has 0 radical (unpaired) electrons. The number of hydrogen-bond acceptors (Lipinski definition) is 3. The summed E-state index contributed by atoms with van der Waals surface area (Å²) in [5.74, 6) is 0.900. The van der Waals surface area contributed by atoms with Crippen LogP contribution in [-0.4, -0.2) is 30.0 Å². The summed E-state index contributed by atoms with van der Waals surface area (Å²) in [5, 5.41) is 3.15. The summed E-state index contributed by atoms with van der Waals surface area (Å²) in [4.78, 5) is 19.0. The van der Waals surface area contributed by atoms with E-state index in [1.165, 1.54) is 25.7 Å². The van der Waals surface area contributed by atoms with Gasteiger partial charge < -0.3 is 10.2 Å². The Morgan fingerprint density at radius 1 is 1.21 bits per heavy atom. The van der Waals surface area contributed by atoms with Crippen molar-refractivity contribution < 1.29 is 4.79 Å². The second-order valence-electron chi connectivity index (χ2n) is 5.52. The lowest BCUT2D eigenvalue weighted by molar-refractivity contribution is 0.0938. The fourth-order valence-electron chi connectivity index (χ4n) is 3.09. The molecule has 1 aromatic heterocycles. The molecule has 2 heterocycles. The molecule has 0 aromatic carbocycles. The topological polar surface area (TPSA) is 45.2 Å². The third-order valence-electron chi connectivity index (χ3n) is 4.13. The lowest BCUT2D eigenvalue weighted by Crippen LogP contribution is -2.34. The van der Waals surface area contributed by atoms with Gasteiger partial charge in [-0.3, -0.25) is 4.79 Å². The van der Waals surface area contributed by atoms with E-state index >= 15 is 0 Å². The Morgan fingerprint density at radius 3 is 2.68 bits per heavy atom. The average molecular weight is 259 g/mol. The van der Waals surface area contributed by atoms with E-state index in [0.29, 0.717) is 6.04 Å². The Bertz CT molecular complexity index is 448. The Hall–Kier alpha value is -1.58. The summed E-state index contributed by atoms with van der Waals surface area (Å²) in [6.07, 6.45) is 8.87. The quantitative estimate of drug-likeness (QED) is 0.906. The highest BCUT2D eigenvalue weighted by atomic mass is 16.1. The van der Waals surface area contributed by atoms with Crippen molar-refractivity contribution in [3.63, 3.8) is 0 Å². The monoisotopic (exact) mass is 259 g/mol. The average Bonchev–Trinajstić information content (AvgIpc) is 3.11. The van der Waals surface area contributed by atoms with Crippen LogP contribution in [0.3, 0.4) is 0 Å². The van der Waals surface area contributed by atoms with E-state index in [4.69, 9.17) is 0 Å². The van der Waals surface area contributed by atoms with Crippen LogP contribution in [0.1, 0.15) is 48.9 Å². The molecule has 1 aromatic rings. The first-order valence-corrected chi connectivity index (χ1v) is 7.35. The van der Waals surface area contributed by atoms with Gasteiger partial charge in [0, 0.05) is 25.3 Å². The normalized spacial score (nSPS) is 19.9. The number of hydrogen-bond donors (Lipinski definition) is 1. The van der Waals surface area contributed by atoms with Gasteiger partial charge in [-0.2, -0.15) is 0 Å². The number of pyridine rings is 1. The Kier molecular flexibility index (Phi) is 3.67. The van der Waals surface area contributed by atoms with Gasteiger partial charge in [-0.25, -0.2) is 4.98 Å². The van der Waals surface area contributed by atoms with E-state index in [-0.39, 0.29) is 5.91 Å².